The lowest BCUT2D eigenvalue weighted by Crippen LogP contribution is -2.06. The van der Waals surface area contributed by atoms with Gasteiger partial charge in [-0.15, -0.1) is 0 Å². The fourth-order valence-corrected chi connectivity index (χ4v) is 4.79. The number of imidazole rings is 1. The molecule has 0 fully saturated rings. The maximum absolute atomic E-state index is 11.4. The summed E-state index contributed by atoms with van der Waals surface area (Å²) in [4.78, 5) is 19.0. The number of H-pyrrole nitrogens is 1. The van der Waals surface area contributed by atoms with Crippen LogP contribution in [0.25, 0.3) is 55.6 Å². The molecule has 34 heavy (non-hydrogen) atoms. The molecule has 6 aromatic rings. The van der Waals surface area contributed by atoms with Crippen LogP contribution in [-0.4, -0.2) is 38.0 Å². The molecule has 0 atom stereocenters. The number of rotatable bonds is 6. The van der Waals surface area contributed by atoms with Crippen molar-refractivity contribution in [1.29, 1.82) is 0 Å². The third-order valence-corrected chi connectivity index (χ3v) is 6.33. The maximum Gasteiger partial charge on any atom is 0.439 e. The van der Waals surface area contributed by atoms with Crippen LogP contribution < -0.4 is 5.76 Å². The number of aromatic amines is 1. The van der Waals surface area contributed by atoms with E-state index in [4.69, 9.17) is 9.72 Å². The van der Waals surface area contributed by atoms with Crippen LogP contribution >= 0.6 is 0 Å². The van der Waals surface area contributed by atoms with Crippen molar-refractivity contribution >= 4 is 32.8 Å². The Morgan fingerprint density at radius 3 is 2.53 bits per heavy atom. The van der Waals surface area contributed by atoms with Crippen LogP contribution in [0, 0.1) is 0 Å². The van der Waals surface area contributed by atoms with Gasteiger partial charge in [0, 0.05) is 53.1 Å². The predicted molar refractivity (Wildman–Crippen MR) is 132 cm³/mol. The largest absolute Gasteiger partial charge is 0.439 e. The number of ether oxygens (including phenoxy) is 1. The van der Waals surface area contributed by atoms with Gasteiger partial charge in [-0.1, -0.05) is 23.4 Å². The molecule has 0 aliphatic rings. The van der Waals surface area contributed by atoms with Gasteiger partial charge in [0.2, 0.25) is 0 Å². The summed E-state index contributed by atoms with van der Waals surface area (Å²) >= 11 is 0. The van der Waals surface area contributed by atoms with Crippen molar-refractivity contribution in [3.8, 4) is 22.8 Å². The van der Waals surface area contributed by atoms with Gasteiger partial charge in [-0.3, -0.25) is 9.51 Å². The first-order valence-electron chi connectivity index (χ1n) is 11.2. The molecule has 0 spiro atoms. The third kappa shape index (κ3) is 3.14. The first-order chi connectivity index (χ1) is 16.7. The van der Waals surface area contributed by atoms with Crippen LogP contribution in [0.1, 0.15) is 6.92 Å². The quantitative estimate of drug-likeness (QED) is 0.390. The zero-order valence-electron chi connectivity index (χ0n) is 18.9. The van der Waals surface area contributed by atoms with Crippen LogP contribution in [0.4, 0.5) is 0 Å². The highest BCUT2D eigenvalue weighted by molar-refractivity contribution is 6.09. The van der Waals surface area contributed by atoms with E-state index in [9.17, 15) is 4.79 Å². The average Bonchev–Trinajstić information content (AvgIpc) is 3.55. The Morgan fingerprint density at radius 1 is 0.941 bits per heavy atom. The van der Waals surface area contributed by atoms with Crippen LogP contribution in [0.15, 0.2) is 70.0 Å². The number of fused-ring (bicyclic) bond motifs is 4. The molecule has 8 heteroatoms. The van der Waals surface area contributed by atoms with Crippen molar-refractivity contribution in [2.75, 3.05) is 13.7 Å². The van der Waals surface area contributed by atoms with E-state index in [1.54, 1.807) is 7.11 Å². The number of nitrogens with zero attached hydrogens (tertiary/aromatic N) is 4. The van der Waals surface area contributed by atoms with Crippen molar-refractivity contribution in [1.82, 2.24) is 24.3 Å². The number of aromatic nitrogens is 5. The van der Waals surface area contributed by atoms with Gasteiger partial charge in [0.1, 0.15) is 5.82 Å². The van der Waals surface area contributed by atoms with E-state index < -0.39 is 5.76 Å². The van der Waals surface area contributed by atoms with Crippen LogP contribution in [0.3, 0.4) is 0 Å². The Kier molecular flexibility index (Phi) is 4.81. The number of methoxy groups -OCH3 is 1. The molecule has 0 saturated carbocycles. The summed E-state index contributed by atoms with van der Waals surface area (Å²) in [5.74, 6) is 0.669. The summed E-state index contributed by atoms with van der Waals surface area (Å²) in [5, 5.41) is 6.25. The minimum atomic E-state index is -0.582. The van der Waals surface area contributed by atoms with Crippen molar-refractivity contribution in [3.63, 3.8) is 0 Å². The molecule has 0 aliphatic carbocycles. The Balaban J connectivity index is 1.56. The molecule has 0 saturated heterocycles. The SMILES string of the molecule is CCn1c2ccccc2c2cc(-c3nc4cc(-c5noc(=O)[nH]5)ccc4n3CCOC)ccc21. The molecule has 0 amide bonds. The molecular formula is C26H23N5O3. The zero-order chi connectivity index (χ0) is 23.2. The van der Waals surface area contributed by atoms with E-state index >= 15 is 0 Å². The first kappa shape index (κ1) is 20.4. The highest BCUT2D eigenvalue weighted by atomic mass is 16.5. The Morgan fingerprint density at radius 2 is 1.74 bits per heavy atom. The van der Waals surface area contributed by atoms with Crippen molar-refractivity contribution < 1.29 is 9.26 Å². The second-order valence-corrected chi connectivity index (χ2v) is 8.22. The normalized spacial score (nSPS) is 11.8. The van der Waals surface area contributed by atoms with Gasteiger partial charge in [0.05, 0.1) is 17.6 Å². The van der Waals surface area contributed by atoms with E-state index in [2.05, 4.69) is 73.2 Å². The molecule has 3 aromatic heterocycles. The molecule has 0 radical (unpaired) electrons. The van der Waals surface area contributed by atoms with Gasteiger partial charge in [-0.25, -0.2) is 9.78 Å². The fraction of sp³-hybridized carbons (Fsp3) is 0.192. The standard InChI is InChI=1S/C26H23N5O3/c1-3-30-21-7-5-4-6-18(21)19-14-17(9-10-22(19)30)25-27-20-15-16(24-28-26(32)34-29-24)8-11-23(20)31(25)12-13-33-2/h4-11,14-15H,3,12-13H2,1-2H3,(H,28,29,32). The van der Waals surface area contributed by atoms with E-state index in [1.165, 1.54) is 21.8 Å². The zero-order valence-corrected chi connectivity index (χ0v) is 18.9. The highest BCUT2D eigenvalue weighted by Crippen LogP contribution is 2.34. The lowest BCUT2D eigenvalue weighted by atomic mass is 10.1. The van der Waals surface area contributed by atoms with Crippen LogP contribution in [-0.2, 0) is 17.8 Å². The summed E-state index contributed by atoms with van der Waals surface area (Å²) in [5.41, 5.74) is 6.01. The number of para-hydroxylation sites is 1. The van der Waals surface area contributed by atoms with Gasteiger partial charge < -0.3 is 13.9 Å². The lowest BCUT2D eigenvalue weighted by Gasteiger charge is -2.09. The second-order valence-electron chi connectivity index (χ2n) is 8.22. The Bertz CT molecular complexity index is 1720. The lowest BCUT2D eigenvalue weighted by molar-refractivity contribution is 0.188. The van der Waals surface area contributed by atoms with Gasteiger partial charge in [-0.05, 0) is 49.4 Å². The summed E-state index contributed by atoms with van der Waals surface area (Å²) < 4.78 is 14.6. The van der Waals surface area contributed by atoms with Crippen molar-refractivity contribution in [2.24, 2.45) is 0 Å². The topological polar surface area (TPSA) is 90.9 Å². The van der Waals surface area contributed by atoms with E-state index in [0.717, 1.165) is 34.5 Å². The number of aryl methyl sites for hydroxylation is 1. The summed E-state index contributed by atoms with van der Waals surface area (Å²) in [7, 11) is 1.70. The van der Waals surface area contributed by atoms with Crippen LogP contribution in [0.5, 0.6) is 0 Å². The molecule has 1 N–H and O–H groups in total. The van der Waals surface area contributed by atoms with Gasteiger partial charge in [-0.2, -0.15) is 0 Å². The molecule has 8 nitrogen and oxygen atoms in total. The fourth-order valence-electron chi connectivity index (χ4n) is 4.79. The smallest absolute Gasteiger partial charge is 0.383 e. The van der Waals surface area contributed by atoms with E-state index in [-0.39, 0.29) is 0 Å². The summed E-state index contributed by atoms with van der Waals surface area (Å²) in [6.45, 7) is 4.30. The first-order valence-corrected chi connectivity index (χ1v) is 11.2. The number of hydrogen-bond donors (Lipinski definition) is 1. The molecule has 3 heterocycles. The Labute approximate surface area is 194 Å². The van der Waals surface area contributed by atoms with Gasteiger partial charge in [0.25, 0.3) is 0 Å². The molecule has 0 bridgehead atoms. The van der Waals surface area contributed by atoms with Gasteiger partial charge in [0.15, 0.2) is 5.82 Å². The molecule has 3 aromatic carbocycles. The average molecular weight is 454 g/mol. The van der Waals surface area contributed by atoms with E-state index in [0.29, 0.717) is 19.0 Å². The van der Waals surface area contributed by atoms with Crippen molar-refractivity contribution in [2.45, 2.75) is 20.0 Å². The van der Waals surface area contributed by atoms with Crippen molar-refractivity contribution in [3.05, 3.63) is 71.2 Å². The maximum atomic E-state index is 11.4. The predicted octanol–water partition coefficient (Wildman–Crippen LogP) is 4.82. The van der Waals surface area contributed by atoms with Crippen LogP contribution in [0.2, 0.25) is 0 Å². The summed E-state index contributed by atoms with van der Waals surface area (Å²) in [6, 6.07) is 20.9. The van der Waals surface area contributed by atoms with Gasteiger partial charge >= 0.3 is 5.76 Å². The third-order valence-electron chi connectivity index (χ3n) is 6.33. The number of nitrogens with one attached hydrogen (secondary N) is 1. The molecule has 0 unspecified atom stereocenters. The minimum absolute atomic E-state index is 0.383. The molecular weight excluding hydrogens is 430 g/mol. The molecule has 6 rings (SSSR count). The second kappa shape index (κ2) is 8.00. The molecule has 0 aliphatic heterocycles. The number of benzene rings is 3. The summed E-state index contributed by atoms with van der Waals surface area (Å²) in [6.07, 6.45) is 0. The highest BCUT2D eigenvalue weighted by Gasteiger charge is 2.17. The van der Waals surface area contributed by atoms with E-state index in [1.807, 2.05) is 18.2 Å². The Hall–Kier alpha value is -4.17. The minimum Gasteiger partial charge on any atom is -0.383 e. The number of hydrogen-bond acceptors (Lipinski definition) is 5. The molecule has 170 valence electrons. The monoisotopic (exact) mass is 453 g/mol.